The molecule has 1 heterocycles. The predicted molar refractivity (Wildman–Crippen MR) is 83.6 cm³/mol. The quantitative estimate of drug-likeness (QED) is 0.807. The molecule has 1 aliphatic heterocycles. The van der Waals surface area contributed by atoms with Gasteiger partial charge in [0.15, 0.2) is 5.60 Å². The lowest BCUT2D eigenvalue weighted by Gasteiger charge is -2.17. The first-order valence-corrected chi connectivity index (χ1v) is 6.96. The van der Waals surface area contributed by atoms with E-state index in [1.807, 2.05) is 12.1 Å². The van der Waals surface area contributed by atoms with E-state index < -0.39 is 11.5 Å². The van der Waals surface area contributed by atoms with Gasteiger partial charge in [-0.1, -0.05) is 18.2 Å². The molecule has 0 radical (unpaired) electrons. The first-order chi connectivity index (χ1) is 11.0. The Morgan fingerprint density at radius 1 is 1.26 bits per heavy atom. The Bertz CT molecular complexity index is 827. The van der Waals surface area contributed by atoms with Crippen molar-refractivity contribution in [3.8, 4) is 6.07 Å². The molecule has 2 amide bonds. The molecule has 6 heteroatoms. The summed E-state index contributed by atoms with van der Waals surface area (Å²) in [6, 6.07) is 15.2. The summed E-state index contributed by atoms with van der Waals surface area (Å²) in [6.07, 6.45) is -0.359. The van der Waals surface area contributed by atoms with E-state index in [1.165, 1.54) is 6.07 Å². The molecular formula is C17H13N3O3. The van der Waals surface area contributed by atoms with Crippen LogP contribution in [0.5, 0.6) is 0 Å². The van der Waals surface area contributed by atoms with Crippen molar-refractivity contribution in [2.45, 2.75) is 12.0 Å². The minimum atomic E-state index is -1.89. The van der Waals surface area contributed by atoms with Crippen molar-refractivity contribution in [1.29, 1.82) is 5.26 Å². The summed E-state index contributed by atoms with van der Waals surface area (Å²) < 4.78 is 0. The number of amides is 2. The molecule has 3 rings (SSSR count). The highest BCUT2D eigenvalue weighted by atomic mass is 16.3. The van der Waals surface area contributed by atoms with Gasteiger partial charge in [-0.3, -0.25) is 9.59 Å². The molecule has 2 aromatic carbocycles. The van der Waals surface area contributed by atoms with Crippen LogP contribution in [0.25, 0.3) is 0 Å². The smallest absolute Gasteiger partial charge is 0.262 e. The number of nitrogens with one attached hydrogen (secondary N) is 2. The highest BCUT2D eigenvalue weighted by Gasteiger charge is 2.45. The van der Waals surface area contributed by atoms with Crippen LogP contribution >= 0.6 is 0 Å². The van der Waals surface area contributed by atoms with Gasteiger partial charge in [0.2, 0.25) is 0 Å². The SMILES string of the molecule is N#CCC1(O)C(=O)Nc2ccc(NC(=O)c3ccccc3)cc21. The molecule has 1 aliphatic rings. The number of benzene rings is 2. The van der Waals surface area contributed by atoms with Crippen molar-refractivity contribution < 1.29 is 14.7 Å². The third kappa shape index (κ3) is 2.54. The fourth-order valence-corrected chi connectivity index (χ4v) is 2.50. The van der Waals surface area contributed by atoms with Crippen LogP contribution in [0.3, 0.4) is 0 Å². The first-order valence-electron chi connectivity index (χ1n) is 6.96. The minimum Gasteiger partial charge on any atom is -0.374 e. The monoisotopic (exact) mass is 307 g/mol. The van der Waals surface area contributed by atoms with Crippen molar-refractivity contribution in [2.75, 3.05) is 10.6 Å². The van der Waals surface area contributed by atoms with E-state index in [9.17, 15) is 14.7 Å². The molecule has 6 nitrogen and oxygen atoms in total. The largest absolute Gasteiger partial charge is 0.374 e. The van der Waals surface area contributed by atoms with Crippen molar-refractivity contribution in [3.05, 3.63) is 59.7 Å². The van der Waals surface area contributed by atoms with Gasteiger partial charge >= 0.3 is 0 Å². The summed E-state index contributed by atoms with van der Waals surface area (Å²) in [6.45, 7) is 0. The molecule has 1 atom stereocenters. The Morgan fingerprint density at radius 3 is 2.70 bits per heavy atom. The average Bonchev–Trinajstić information content (AvgIpc) is 2.80. The molecule has 0 fully saturated rings. The van der Waals surface area contributed by atoms with E-state index in [4.69, 9.17) is 5.26 Å². The third-order valence-electron chi connectivity index (χ3n) is 3.72. The molecule has 0 saturated carbocycles. The highest BCUT2D eigenvalue weighted by molar-refractivity contribution is 6.07. The zero-order chi connectivity index (χ0) is 16.4. The molecule has 114 valence electrons. The number of hydrogen-bond acceptors (Lipinski definition) is 4. The van der Waals surface area contributed by atoms with Crippen LogP contribution in [0.2, 0.25) is 0 Å². The van der Waals surface area contributed by atoms with E-state index in [1.54, 1.807) is 36.4 Å². The fourth-order valence-electron chi connectivity index (χ4n) is 2.50. The van der Waals surface area contributed by atoms with E-state index in [0.717, 1.165) is 0 Å². The van der Waals surface area contributed by atoms with Crippen LogP contribution in [0, 0.1) is 11.3 Å². The van der Waals surface area contributed by atoms with Gasteiger partial charge in [0.05, 0.1) is 12.5 Å². The molecule has 23 heavy (non-hydrogen) atoms. The van der Waals surface area contributed by atoms with Crippen molar-refractivity contribution in [2.24, 2.45) is 0 Å². The Hall–Kier alpha value is -3.17. The van der Waals surface area contributed by atoms with Crippen LogP contribution < -0.4 is 10.6 Å². The molecular weight excluding hydrogens is 294 g/mol. The number of nitrogens with zero attached hydrogens (tertiary/aromatic N) is 1. The number of carbonyl (C=O) groups excluding carboxylic acids is 2. The lowest BCUT2D eigenvalue weighted by Crippen LogP contribution is -2.33. The number of rotatable bonds is 3. The number of aliphatic hydroxyl groups is 1. The minimum absolute atomic E-state index is 0.287. The van der Waals surface area contributed by atoms with E-state index >= 15 is 0 Å². The van der Waals surface area contributed by atoms with Crippen LogP contribution in [-0.4, -0.2) is 16.9 Å². The van der Waals surface area contributed by atoms with E-state index in [2.05, 4.69) is 10.6 Å². The van der Waals surface area contributed by atoms with Gasteiger partial charge in [-0.2, -0.15) is 5.26 Å². The number of fused-ring (bicyclic) bond motifs is 1. The maximum absolute atomic E-state index is 12.2. The highest BCUT2D eigenvalue weighted by Crippen LogP contribution is 2.39. The maximum atomic E-state index is 12.2. The van der Waals surface area contributed by atoms with Crippen LogP contribution in [-0.2, 0) is 10.4 Å². The lowest BCUT2D eigenvalue weighted by atomic mass is 9.92. The average molecular weight is 307 g/mol. The summed E-state index contributed by atoms with van der Waals surface area (Å²) in [5.41, 5.74) is -0.238. The Kier molecular flexibility index (Phi) is 3.56. The first kappa shape index (κ1) is 14.8. The normalized spacial score (nSPS) is 18.7. The van der Waals surface area contributed by atoms with Gasteiger partial charge < -0.3 is 15.7 Å². The van der Waals surface area contributed by atoms with Crippen LogP contribution in [0.4, 0.5) is 11.4 Å². The lowest BCUT2D eigenvalue weighted by molar-refractivity contribution is -0.133. The van der Waals surface area contributed by atoms with Crippen LogP contribution in [0.1, 0.15) is 22.3 Å². The summed E-state index contributed by atoms with van der Waals surface area (Å²) in [7, 11) is 0. The van der Waals surface area contributed by atoms with E-state index in [-0.39, 0.29) is 17.9 Å². The molecule has 0 bridgehead atoms. The molecule has 0 saturated heterocycles. The van der Waals surface area contributed by atoms with Gasteiger partial charge in [0, 0.05) is 22.5 Å². The fraction of sp³-hybridized carbons (Fsp3) is 0.118. The second-order valence-electron chi connectivity index (χ2n) is 5.23. The van der Waals surface area contributed by atoms with Gasteiger partial charge in [-0.05, 0) is 30.3 Å². The molecule has 3 N–H and O–H groups in total. The standard InChI is InChI=1S/C17H13N3O3/c18-9-8-17(23)13-10-12(6-7-14(13)20-16(17)22)19-15(21)11-4-2-1-3-5-11/h1-7,10,23H,8H2,(H,19,21)(H,20,22). The van der Waals surface area contributed by atoms with Crippen molar-refractivity contribution >= 4 is 23.2 Å². The molecule has 2 aromatic rings. The summed E-state index contributed by atoms with van der Waals surface area (Å²) in [5, 5.41) is 24.5. The number of nitriles is 1. The Labute approximate surface area is 132 Å². The van der Waals surface area contributed by atoms with Gasteiger partial charge in [-0.15, -0.1) is 0 Å². The maximum Gasteiger partial charge on any atom is 0.262 e. The summed E-state index contributed by atoms with van der Waals surface area (Å²) in [4.78, 5) is 24.1. The Morgan fingerprint density at radius 2 is 2.00 bits per heavy atom. The number of anilines is 2. The Balaban J connectivity index is 1.90. The van der Waals surface area contributed by atoms with Gasteiger partial charge in [0.1, 0.15) is 0 Å². The molecule has 1 unspecified atom stereocenters. The summed E-state index contributed by atoms with van der Waals surface area (Å²) in [5.74, 6) is -0.938. The van der Waals surface area contributed by atoms with Crippen LogP contribution in [0.15, 0.2) is 48.5 Å². The van der Waals surface area contributed by atoms with E-state index in [0.29, 0.717) is 16.9 Å². The zero-order valence-corrected chi connectivity index (χ0v) is 12.0. The van der Waals surface area contributed by atoms with Gasteiger partial charge in [0.25, 0.3) is 11.8 Å². The topological polar surface area (TPSA) is 102 Å². The number of carbonyl (C=O) groups is 2. The molecule has 0 aliphatic carbocycles. The van der Waals surface area contributed by atoms with Crippen molar-refractivity contribution in [1.82, 2.24) is 0 Å². The second kappa shape index (κ2) is 5.55. The molecule has 0 aromatic heterocycles. The third-order valence-corrected chi connectivity index (χ3v) is 3.72. The zero-order valence-electron chi connectivity index (χ0n) is 12.0. The predicted octanol–water partition coefficient (Wildman–Crippen LogP) is 1.99. The van der Waals surface area contributed by atoms with Crippen molar-refractivity contribution in [3.63, 3.8) is 0 Å². The van der Waals surface area contributed by atoms with Gasteiger partial charge in [-0.25, -0.2) is 0 Å². The second-order valence-corrected chi connectivity index (χ2v) is 5.23. The summed E-state index contributed by atoms with van der Waals surface area (Å²) >= 11 is 0. The molecule has 0 spiro atoms. The number of hydrogen-bond donors (Lipinski definition) is 3.